The number of carbonyl (C=O) groups is 1. The van der Waals surface area contributed by atoms with Gasteiger partial charge in [0.1, 0.15) is 6.29 Å². The Hall–Kier alpha value is -0.370. The average molecular weight is 155 g/mol. The molecule has 11 heavy (non-hydrogen) atoms. The predicted molar refractivity (Wildman–Crippen MR) is 45.4 cm³/mol. The van der Waals surface area contributed by atoms with Crippen molar-refractivity contribution in [2.75, 3.05) is 20.6 Å². The van der Waals surface area contributed by atoms with E-state index in [1.54, 1.807) is 0 Å². The van der Waals surface area contributed by atoms with Crippen LogP contribution in [-0.2, 0) is 4.79 Å². The highest BCUT2D eigenvalue weighted by Crippen LogP contribution is 2.37. The third kappa shape index (κ3) is 3.02. The number of aldehydes is 1. The Kier molecular flexibility index (Phi) is 3.06. The zero-order chi connectivity index (χ0) is 8.27. The first kappa shape index (κ1) is 8.72. The van der Waals surface area contributed by atoms with E-state index in [-0.39, 0.29) is 0 Å². The number of carbonyl (C=O) groups excluding carboxylic acids is 1. The molecule has 0 N–H and O–H groups in total. The van der Waals surface area contributed by atoms with E-state index in [4.69, 9.17) is 0 Å². The molecule has 0 bridgehead atoms. The van der Waals surface area contributed by atoms with Crippen molar-refractivity contribution in [3.8, 4) is 0 Å². The molecule has 1 fully saturated rings. The van der Waals surface area contributed by atoms with Crippen molar-refractivity contribution in [2.24, 2.45) is 11.8 Å². The van der Waals surface area contributed by atoms with Gasteiger partial charge in [0, 0.05) is 5.92 Å². The lowest BCUT2D eigenvalue weighted by molar-refractivity contribution is -0.111. The average Bonchev–Trinajstić information content (AvgIpc) is 2.72. The van der Waals surface area contributed by atoms with Crippen LogP contribution < -0.4 is 0 Å². The highest BCUT2D eigenvalue weighted by molar-refractivity contribution is 5.54. The van der Waals surface area contributed by atoms with E-state index in [1.165, 1.54) is 12.8 Å². The smallest absolute Gasteiger partial charge is 0.123 e. The van der Waals surface area contributed by atoms with Crippen LogP contribution in [0.5, 0.6) is 0 Å². The van der Waals surface area contributed by atoms with Crippen LogP contribution in [0.4, 0.5) is 0 Å². The molecule has 1 unspecified atom stereocenters. The summed E-state index contributed by atoms with van der Waals surface area (Å²) in [7, 11) is 4.10. The lowest BCUT2D eigenvalue weighted by Gasteiger charge is -2.12. The molecule has 0 amide bonds. The van der Waals surface area contributed by atoms with Crippen molar-refractivity contribution in [3.05, 3.63) is 0 Å². The molecule has 0 aromatic carbocycles. The minimum Gasteiger partial charge on any atom is -0.309 e. The molecule has 64 valence electrons. The highest BCUT2D eigenvalue weighted by Gasteiger charge is 2.30. The van der Waals surface area contributed by atoms with E-state index in [0.717, 1.165) is 25.2 Å². The number of rotatable bonds is 5. The Balaban J connectivity index is 2.15. The third-order valence-electron chi connectivity index (χ3n) is 2.31. The van der Waals surface area contributed by atoms with Crippen LogP contribution in [0.25, 0.3) is 0 Å². The van der Waals surface area contributed by atoms with Gasteiger partial charge in [0.15, 0.2) is 0 Å². The molecule has 2 heteroatoms. The fourth-order valence-corrected chi connectivity index (χ4v) is 1.35. The van der Waals surface area contributed by atoms with Gasteiger partial charge in [0.05, 0.1) is 0 Å². The van der Waals surface area contributed by atoms with Crippen LogP contribution in [-0.4, -0.2) is 31.8 Å². The first-order chi connectivity index (χ1) is 5.24. The fraction of sp³-hybridized carbons (Fsp3) is 0.889. The van der Waals surface area contributed by atoms with Gasteiger partial charge in [-0.05, 0) is 45.8 Å². The molecule has 0 saturated heterocycles. The second kappa shape index (κ2) is 3.86. The summed E-state index contributed by atoms with van der Waals surface area (Å²) >= 11 is 0. The number of nitrogens with zero attached hydrogens (tertiary/aromatic N) is 1. The molecule has 2 nitrogen and oxygen atoms in total. The van der Waals surface area contributed by atoms with Crippen LogP contribution in [0.1, 0.15) is 19.3 Å². The molecule has 1 aliphatic rings. The van der Waals surface area contributed by atoms with Crippen LogP contribution in [0, 0.1) is 11.8 Å². The quantitative estimate of drug-likeness (QED) is 0.555. The van der Waals surface area contributed by atoms with E-state index in [1.807, 2.05) is 0 Å². The largest absolute Gasteiger partial charge is 0.309 e. The Labute approximate surface area is 68.6 Å². The van der Waals surface area contributed by atoms with Gasteiger partial charge in [0.25, 0.3) is 0 Å². The van der Waals surface area contributed by atoms with E-state index < -0.39 is 0 Å². The molecule has 0 aromatic rings. The lowest BCUT2D eigenvalue weighted by atomic mass is 10.0. The van der Waals surface area contributed by atoms with Gasteiger partial charge >= 0.3 is 0 Å². The number of hydrogen-bond acceptors (Lipinski definition) is 2. The van der Waals surface area contributed by atoms with Gasteiger partial charge in [-0.15, -0.1) is 0 Å². The summed E-state index contributed by atoms with van der Waals surface area (Å²) in [6.45, 7) is 1.04. The van der Waals surface area contributed by atoms with Crippen LogP contribution >= 0.6 is 0 Å². The summed E-state index contributed by atoms with van der Waals surface area (Å²) in [6.07, 6.45) is 4.73. The summed E-state index contributed by atoms with van der Waals surface area (Å²) in [5, 5.41) is 0. The van der Waals surface area contributed by atoms with Crippen molar-refractivity contribution < 1.29 is 4.79 Å². The molecule has 1 aliphatic carbocycles. The second-order valence-electron chi connectivity index (χ2n) is 3.73. The molecule has 1 atom stereocenters. The maximum Gasteiger partial charge on any atom is 0.123 e. The monoisotopic (exact) mass is 155 g/mol. The van der Waals surface area contributed by atoms with E-state index >= 15 is 0 Å². The topological polar surface area (TPSA) is 20.3 Å². The van der Waals surface area contributed by atoms with E-state index in [0.29, 0.717) is 5.92 Å². The maximum atomic E-state index is 10.6. The minimum atomic E-state index is 0.345. The van der Waals surface area contributed by atoms with Crippen LogP contribution in [0.15, 0.2) is 0 Å². The molecular formula is C9H17NO. The summed E-state index contributed by atoms with van der Waals surface area (Å²) in [6, 6.07) is 0. The van der Waals surface area contributed by atoms with Gasteiger partial charge in [-0.2, -0.15) is 0 Å². The summed E-state index contributed by atoms with van der Waals surface area (Å²) in [4.78, 5) is 12.7. The van der Waals surface area contributed by atoms with Gasteiger partial charge in [-0.25, -0.2) is 0 Å². The van der Waals surface area contributed by atoms with Gasteiger partial charge in [0.2, 0.25) is 0 Å². The van der Waals surface area contributed by atoms with Gasteiger partial charge in [-0.3, -0.25) is 0 Å². The molecule has 1 saturated carbocycles. The Bertz CT molecular complexity index is 130. The van der Waals surface area contributed by atoms with E-state index in [2.05, 4.69) is 19.0 Å². The molecule has 0 spiro atoms. The summed E-state index contributed by atoms with van der Waals surface area (Å²) in [5.41, 5.74) is 0. The minimum absolute atomic E-state index is 0.345. The molecule has 1 rings (SSSR count). The van der Waals surface area contributed by atoms with Crippen molar-refractivity contribution in [1.82, 2.24) is 4.90 Å². The van der Waals surface area contributed by atoms with Crippen molar-refractivity contribution in [2.45, 2.75) is 19.3 Å². The molecular weight excluding hydrogens is 138 g/mol. The summed E-state index contributed by atoms with van der Waals surface area (Å²) in [5.74, 6) is 1.07. The Morgan fingerprint density at radius 2 is 2.18 bits per heavy atom. The second-order valence-corrected chi connectivity index (χ2v) is 3.73. The zero-order valence-corrected chi connectivity index (χ0v) is 7.42. The molecule has 0 radical (unpaired) electrons. The molecule has 0 aliphatic heterocycles. The maximum absolute atomic E-state index is 10.6. The number of hydrogen-bond donors (Lipinski definition) is 0. The van der Waals surface area contributed by atoms with Gasteiger partial charge in [-0.1, -0.05) is 0 Å². The van der Waals surface area contributed by atoms with E-state index in [9.17, 15) is 4.79 Å². The Morgan fingerprint density at radius 1 is 1.55 bits per heavy atom. The SMILES string of the molecule is CN(C)CCC(C=O)C1CC1. The van der Waals surface area contributed by atoms with Crippen molar-refractivity contribution in [3.63, 3.8) is 0 Å². The zero-order valence-electron chi connectivity index (χ0n) is 7.42. The fourth-order valence-electron chi connectivity index (χ4n) is 1.35. The van der Waals surface area contributed by atoms with Crippen molar-refractivity contribution in [1.29, 1.82) is 0 Å². The lowest BCUT2D eigenvalue weighted by Crippen LogP contribution is -2.18. The predicted octanol–water partition coefficient (Wildman–Crippen LogP) is 1.16. The highest BCUT2D eigenvalue weighted by atomic mass is 16.1. The molecule has 0 heterocycles. The first-order valence-electron chi connectivity index (χ1n) is 4.34. The van der Waals surface area contributed by atoms with Crippen LogP contribution in [0.3, 0.4) is 0 Å². The molecule has 0 aromatic heterocycles. The normalized spacial score (nSPS) is 20.3. The Morgan fingerprint density at radius 3 is 2.55 bits per heavy atom. The van der Waals surface area contributed by atoms with Crippen molar-refractivity contribution >= 4 is 6.29 Å². The first-order valence-corrected chi connectivity index (χ1v) is 4.34. The van der Waals surface area contributed by atoms with Gasteiger partial charge < -0.3 is 9.69 Å². The standard InChI is InChI=1S/C9H17NO/c1-10(2)6-5-9(7-11)8-3-4-8/h7-9H,3-6H2,1-2H3. The third-order valence-corrected chi connectivity index (χ3v) is 2.31. The van der Waals surface area contributed by atoms with Crippen LogP contribution in [0.2, 0.25) is 0 Å². The summed E-state index contributed by atoms with van der Waals surface area (Å²) < 4.78 is 0.